The van der Waals surface area contributed by atoms with E-state index >= 15 is 0 Å². The molecule has 19 heavy (non-hydrogen) atoms. The van der Waals surface area contributed by atoms with Gasteiger partial charge in [0.05, 0.1) is 0 Å². The summed E-state index contributed by atoms with van der Waals surface area (Å²) in [6.45, 7) is 5.07. The van der Waals surface area contributed by atoms with E-state index in [0.717, 1.165) is 32.4 Å². The monoisotopic (exact) mass is 265 g/mol. The lowest BCUT2D eigenvalue weighted by Crippen LogP contribution is -2.38. The number of ether oxygens (including phenoxy) is 1. The van der Waals surface area contributed by atoms with Gasteiger partial charge in [0.2, 0.25) is 0 Å². The zero-order valence-electron chi connectivity index (χ0n) is 11.8. The maximum Gasteiger partial charge on any atom is 0.265 e. The summed E-state index contributed by atoms with van der Waals surface area (Å²) in [6, 6.07) is 1.98. The van der Waals surface area contributed by atoms with Crippen LogP contribution in [0.4, 0.5) is 0 Å². The number of likely N-dealkylation sites (tertiary alicyclic amines) is 1. The van der Waals surface area contributed by atoms with Crippen molar-refractivity contribution < 1.29 is 9.53 Å². The lowest BCUT2D eigenvalue weighted by Gasteiger charge is -2.30. The molecule has 0 bridgehead atoms. The van der Waals surface area contributed by atoms with Crippen LogP contribution in [0, 0.1) is 17.2 Å². The van der Waals surface area contributed by atoms with Gasteiger partial charge in [0.15, 0.2) is 0 Å². The first-order valence-corrected chi connectivity index (χ1v) is 6.81. The highest BCUT2D eigenvalue weighted by molar-refractivity contribution is 5.97. The minimum absolute atomic E-state index is 0.159. The maximum absolute atomic E-state index is 12.1. The highest BCUT2D eigenvalue weighted by Crippen LogP contribution is 2.17. The molecule has 1 fully saturated rings. The largest absolute Gasteiger partial charge is 0.390 e. The van der Waals surface area contributed by atoms with Crippen LogP contribution < -0.4 is 5.32 Å². The molecule has 1 saturated heterocycles. The Morgan fingerprint density at radius 1 is 1.53 bits per heavy atom. The number of nitrogens with zero attached hydrogens (tertiary/aromatic N) is 2. The van der Waals surface area contributed by atoms with E-state index in [1.165, 1.54) is 6.20 Å². The van der Waals surface area contributed by atoms with Gasteiger partial charge in [-0.15, -0.1) is 0 Å². The number of methoxy groups -OCH3 is 1. The summed E-state index contributed by atoms with van der Waals surface area (Å²) in [4.78, 5) is 13.9. The van der Waals surface area contributed by atoms with Crippen molar-refractivity contribution in [1.82, 2.24) is 10.2 Å². The summed E-state index contributed by atoms with van der Waals surface area (Å²) >= 11 is 0. The summed E-state index contributed by atoms with van der Waals surface area (Å²) < 4.78 is 4.93. The smallest absolute Gasteiger partial charge is 0.265 e. The Labute approximate surface area is 115 Å². The minimum Gasteiger partial charge on any atom is -0.390 e. The lowest BCUT2D eigenvalue weighted by molar-refractivity contribution is -0.128. The third-order valence-electron chi connectivity index (χ3n) is 3.34. The number of amides is 1. The van der Waals surface area contributed by atoms with Crippen molar-refractivity contribution in [2.75, 3.05) is 33.4 Å². The van der Waals surface area contributed by atoms with Gasteiger partial charge in [0.1, 0.15) is 11.6 Å². The molecule has 0 saturated carbocycles. The first-order valence-electron chi connectivity index (χ1n) is 6.81. The van der Waals surface area contributed by atoms with Crippen LogP contribution in [0.5, 0.6) is 0 Å². The highest BCUT2D eigenvalue weighted by Gasteiger charge is 2.22. The molecule has 5 heteroatoms. The van der Waals surface area contributed by atoms with Gasteiger partial charge in [0.25, 0.3) is 5.91 Å². The molecule has 0 radical (unpaired) electrons. The molecule has 0 aromatic carbocycles. The molecule has 0 unspecified atom stereocenters. The van der Waals surface area contributed by atoms with E-state index in [-0.39, 0.29) is 11.5 Å². The zero-order valence-corrected chi connectivity index (χ0v) is 11.8. The van der Waals surface area contributed by atoms with E-state index in [0.29, 0.717) is 19.1 Å². The van der Waals surface area contributed by atoms with Gasteiger partial charge in [-0.25, -0.2) is 0 Å². The normalized spacial score (nSPS) is 17.1. The molecule has 0 aromatic rings. The quantitative estimate of drug-likeness (QED) is 0.446. The van der Waals surface area contributed by atoms with E-state index in [1.54, 1.807) is 12.0 Å². The fourth-order valence-electron chi connectivity index (χ4n) is 2.02. The molecule has 1 amide bonds. The second kappa shape index (κ2) is 8.54. The molecule has 1 rings (SSSR count). The zero-order chi connectivity index (χ0) is 14.1. The van der Waals surface area contributed by atoms with Crippen molar-refractivity contribution in [3.8, 4) is 6.07 Å². The van der Waals surface area contributed by atoms with Crippen molar-refractivity contribution in [3.63, 3.8) is 0 Å². The SMILES string of the molecule is COCCCN/C=C(/C#N)C(=O)N1CCC(C)CC1. The van der Waals surface area contributed by atoms with Crippen LogP contribution >= 0.6 is 0 Å². The number of hydrogen-bond acceptors (Lipinski definition) is 4. The van der Waals surface area contributed by atoms with Crippen molar-refractivity contribution in [2.45, 2.75) is 26.2 Å². The number of rotatable bonds is 6. The minimum atomic E-state index is -0.159. The van der Waals surface area contributed by atoms with Crippen LogP contribution in [-0.2, 0) is 9.53 Å². The average molecular weight is 265 g/mol. The molecule has 0 aromatic heterocycles. The van der Waals surface area contributed by atoms with Gasteiger partial charge in [-0.3, -0.25) is 4.79 Å². The van der Waals surface area contributed by atoms with Crippen LogP contribution in [0.25, 0.3) is 0 Å². The molecular weight excluding hydrogens is 242 g/mol. The molecule has 0 atom stereocenters. The van der Waals surface area contributed by atoms with Crippen molar-refractivity contribution in [1.29, 1.82) is 5.26 Å². The fraction of sp³-hybridized carbons (Fsp3) is 0.714. The molecule has 5 nitrogen and oxygen atoms in total. The predicted octanol–water partition coefficient (Wildman–Crippen LogP) is 1.28. The third kappa shape index (κ3) is 5.31. The van der Waals surface area contributed by atoms with E-state index in [1.807, 2.05) is 6.07 Å². The molecule has 1 heterocycles. The van der Waals surface area contributed by atoms with Crippen LogP contribution in [-0.4, -0.2) is 44.2 Å². The van der Waals surface area contributed by atoms with Gasteiger partial charge >= 0.3 is 0 Å². The third-order valence-corrected chi connectivity index (χ3v) is 3.34. The molecule has 0 spiro atoms. The molecular formula is C14H23N3O2. The molecule has 0 aliphatic carbocycles. The Hall–Kier alpha value is -1.54. The topological polar surface area (TPSA) is 65.4 Å². The Bertz CT molecular complexity index is 352. The van der Waals surface area contributed by atoms with Crippen LogP contribution in [0.1, 0.15) is 26.2 Å². The number of hydrogen-bond donors (Lipinski definition) is 1. The Kier molecular flexibility index (Phi) is 6.98. The summed E-state index contributed by atoms with van der Waals surface area (Å²) in [5, 5.41) is 12.0. The maximum atomic E-state index is 12.1. The summed E-state index contributed by atoms with van der Waals surface area (Å²) in [5.41, 5.74) is 0.187. The summed E-state index contributed by atoms with van der Waals surface area (Å²) in [5.74, 6) is 0.513. The number of nitrogens with one attached hydrogen (secondary N) is 1. The Balaban J connectivity index is 2.43. The predicted molar refractivity (Wildman–Crippen MR) is 73.2 cm³/mol. The van der Waals surface area contributed by atoms with Gasteiger partial charge in [-0.05, 0) is 25.2 Å². The first-order chi connectivity index (χ1) is 9.19. The van der Waals surface area contributed by atoms with Crippen molar-refractivity contribution in [3.05, 3.63) is 11.8 Å². The van der Waals surface area contributed by atoms with Crippen LogP contribution in [0.15, 0.2) is 11.8 Å². The molecule has 1 aliphatic heterocycles. The standard InChI is InChI=1S/C14H23N3O2/c1-12-4-7-17(8-5-12)14(18)13(10-15)11-16-6-3-9-19-2/h11-12,16H,3-9H2,1-2H3/b13-11-. The average Bonchev–Trinajstić information content (AvgIpc) is 2.43. The Morgan fingerprint density at radius 3 is 2.79 bits per heavy atom. The van der Waals surface area contributed by atoms with Gasteiger partial charge in [-0.2, -0.15) is 5.26 Å². The van der Waals surface area contributed by atoms with E-state index in [4.69, 9.17) is 10.00 Å². The number of carbonyl (C=O) groups is 1. The second-order valence-corrected chi connectivity index (χ2v) is 4.95. The number of piperidine rings is 1. The number of carbonyl (C=O) groups excluding carboxylic acids is 1. The molecule has 1 aliphatic rings. The number of nitriles is 1. The first kappa shape index (κ1) is 15.5. The van der Waals surface area contributed by atoms with Gasteiger partial charge < -0.3 is 15.0 Å². The lowest BCUT2D eigenvalue weighted by atomic mass is 9.99. The van der Waals surface area contributed by atoms with E-state index in [2.05, 4.69) is 12.2 Å². The van der Waals surface area contributed by atoms with Crippen molar-refractivity contribution >= 4 is 5.91 Å². The second-order valence-electron chi connectivity index (χ2n) is 4.95. The fourth-order valence-corrected chi connectivity index (χ4v) is 2.02. The summed E-state index contributed by atoms with van der Waals surface area (Å²) in [6.07, 6.45) is 4.41. The van der Waals surface area contributed by atoms with E-state index in [9.17, 15) is 4.79 Å². The van der Waals surface area contributed by atoms with Crippen LogP contribution in [0.3, 0.4) is 0 Å². The Morgan fingerprint density at radius 2 is 2.21 bits per heavy atom. The van der Waals surface area contributed by atoms with E-state index < -0.39 is 0 Å². The van der Waals surface area contributed by atoms with Crippen molar-refractivity contribution in [2.24, 2.45) is 5.92 Å². The van der Waals surface area contributed by atoms with Crippen LogP contribution in [0.2, 0.25) is 0 Å². The highest BCUT2D eigenvalue weighted by atomic mass is 16.5. The van der Waals surface area contributed by atoms with Gasteiger partial charge in [0, 0.05) is 39.6 Å². The molecule has 1 N–H and O–H groups in total. The summed E-state index contributed by atoms with van der Waals surface area (Å²) in [7, 11) is 1.65. The molecule has 106 valence electrons. The van der Waals surface area contributed by atoms with Gasteiger partial charge in [-0.1, -0.05) is 6.92 Å².